The maximum absolute atomic E-state index is 6.40. The molecule has 0 aliphatic heterocycles. The number of benzene rings is 6. The van der Waals surface area contributed by atoms with Crippen LogP contribution in [-0.2, 0) is 0 Å². The second-order valence-corrected chi connectivity index (χ2v) is 15.7. The maximum Gasteiger partial charge on any atom is 0.239 e. The monoisotopic (exact) mass is 780 g/mol. The van der Waals surface area contributed by atoms with Crippen molar-refractivity contribution >= 4 is 90.1 Å². The average molecular weight is 782 g/mol. The molecule has 0 bridgehead atoms. The first-order valence-corrected chi connectivity index (χ1v) is 19.9. The Bertz CT molecular complexity index is 2590. The Kier molecular flexibility index (Phi) is 10.3. The smallest absolute Gasteiger partial charge is 0.239 e. The van der Waals surface area contributed by atoms with Crippen LogP contribution in [-0.4, -0.2) is 23.1 Å². The number of rotatable bonds is 11. The third-order valence-corrected chi connectivity index (χ3v) is 11.2. The van der Waals surface area contributed by atoms with Crippen molar-refractivity contribution in [2.75, 3.05) is 35.2 Å². The van der Waals surface area contributed by atoms with Crippen molar-refractivity contribution in [2.45, 2.75) is 53.4 Å². The van der Waals surface area contributed by atoms with E-state index in [1.54, 1.807) is 0 Å². The lowest BCUT2D eigenvalue weighted by atomic mass is 10.1. The standard InChI is InChI=1S/C46H44Cl2N8/c1-27-19-39-43(23-35(27)49)55(33-13-9-31(47)10-14-33)45-25-37(29(3)21-41(45)53-39)51-17-7-5-6-8-18-52-38-26-46-42(22-30(38)4)54-40-20-28(2)36(50)24-44(40)56(46)34-15-11-32(48)12-16-34/h9-16,19-26H,5-8,17-18H2,1-4H3,(H4,49,50,51,52)/p+2. The Morgan fingerprint density at radius 3 is 1.18 bits per heavy atom. The molecule has 2 heterocycles. The molecule has 2 aromatic heterocycles. The second-order valence-electron chi connectivity index (χ2n) is 14.8. The van der Waals surface area contributed by atoms with Gasteiger partial charge in [0, 0.05) is 94.4 Å². The number of unbranched alkanes of at least 4 members (excludes halogenated alkanes) is 3. The van der Waals surface area contributed by atoms with E-state index in [4.69, 9.17) is 44.6 Å². The fourth-order valence-electron chi connectivity index (χ4n) is 7.52. The molecule has 0 spiro atoms. The molecule has 0 radical (unpaired) electrons. The number of nitrogens with one attached hydrogen (secondary N) is 2. The van der Waals surface area contributed by atoms with Gasteiger partial charge in [0.05, 0.1) is 0 Å². The van der Waals surface area contributed by atoms with Gasteiger partial charge in [-0.2, -0.15) is 0 Å². The van der Waals surface area contributed by atoms with Gasteiger partial charge in [0.25, 0.3) is 0 Å². The van der Waals surface area contributed by atoms with Crippen LogP contribution in [0.1, 0.15) is 47.9 Å². The Morgan fingerprint density at radius 1 is 0.464 bits per heavy atom. The molecule has 10 heteroatoms. The number of anilines is 4. The lowest BCUT2D eigenvalue weighted by Crippen LogP contribution is -2.33. The van der Waals surface area contributed by atoms with Gasteiger partial charge in [0.15, 0.2) is 0 Å². The summed E-state index contributed by atoms with van der Waals surface area (Å²) in [5.41, 5.74) is 30.4. The van der Waals surface area contributed by atoms with Crippen LogP contribution in [0, 0.1) is 27.7 Å². The molecule has 0 atom stereocenters. The van der Waals surface area contributed by atoms with Crippen molar-refractivity contribution in [2.24, 2.45) is 0 Å². The lowest BCUT2D eigenvalue weighted by molar-refractivity contribution is -0.538. The van der Waals surface area contributed by atoms with E-state index in [-0.39, 0.29) is 0 Å². The van der Waals surface area contributed by atoms with Gasteiger partial charge in [-0.15, -0.1) is 9.13 Å². The van der Waals surface area contributed by atoms with Gasteiger partial charge in [-0.25, -0.2) is 9.97 Å². The number of fused-ring (bicyclic) bond motifs is 4. The second kappa shape index (κ2) is 15.4. The van der Waals surface area contributed by atoms with Crippen LogP contribution in [0.5, 0.6) is 0 Å². The van der Waals surface area contributed by atoms with E-state index in [2.05, 4.69) is 70.0 Å². The van der Waals surface area contributed by atoms with E-state index in [0.717, 1.165) is 139 Å². The summed E-state index contributed by atoms with van der Waals surface area (Å²) in [4.78, 5) is 10.1. The van der Waals surface area contributed by atoms with Crippen LogP contribution in [0.25, 0.3) is 55.5 Å². The predicted octanol–water partition coefficient (Wildman–Crippen LogP) is 10.4. The number of nitrogen functional groups attached to an aromatic ring is 2. The largest absolute Gasteiger partial charge is 0.398 e. The van der Waals surface area contributed by atoms with E-state index in [1.165, 1.54) is 0 Å². The van der Waals surface area contributed by atoms with Gasteiger partial charge >= 0.3 is 0 Å². The highest BCUT2D eigenvalue weighted by atomic mass is 35.5. The first kappa shape index (κ1) is 37.2. The summed E-state index contributed by atoms with van der Waals surface area (Å²) in [6.07, 6.45) is 4.39. The molecule has 8 aromatic rings. The molecule has 6 aromatic carbocycles. The predicted molar refractivity (Wildman–Crippen MR) is 235 cm³/mol. The van der Waals surface area contributed by atoms with E-state index in [1.807, 2.05) is 74.5 Å². The summed E-state index contributed by atoms with van der Waals surface area (Å²) in [5.74, 6) is 0. The van der Waals surface area contributed by atoms with E-state index in [0.29, 0.717) is 10.0 Å². The summed E-state index contributed by atoms with van der Waals surface area (Å²) >= 11 is 12.6. The lowest BCUT2D eigenvalue weighted by Gasteiger charge is -2.13. The third-order valence-electron chi connectivity index (χ3n) is 10.7. The first-order valence-electron chi connectivity index (χ1n) is 19.2. The number of halogens is 2. The third kappa shape index (κ3) is 7.34. The Balaban J connectivity index is 0.942. The number of nitrogens with two attached hydrogens (primary N) is 2. The van der Waals surface area contributed by atoms with Gasteiger partial charge in [0.2, 0.25) is 33.4 Å². The summed E-state index contributed by atoms with van der Waals surface area (Å²) in [7, 11) is 0. The molecule has 0 saturated heterocycles. The van der Waals surface area contributed by atoms with Gasteiger partial charge in [-0.05, 0) is 111 Å². The van der Waals surface area contributed by atoms with E-state index in [9.17, 15) is 0 Å². The minimum absolute atomic E-state index is 0.695. The highest BCUT2D eigenvalue weighted by molar-refractivity contribution is 6.30. The molecular weight excluding hydrogens is 735 g/mol. The van der Waals surface area contributed by atoms with Crippen molar-refractivity contribution in [3.05, 3.63) is 129 Å². The van der Waals surface area contributed by atoms with Crippen LogP contribution < -0.4 is 31.2 Å². The van der Waals surface area contributed by atoms with Crippen molar-refractivity contribution in [1.82, 2.24) is 9.97 Å². The summed E-state index contributed by atoms with van der Waals surface area (Å²) in [6, 6.07) is 32.7. The van der Waals surface area contributed by atoms with Crippen LogP contribution in [0.3, 0.4) is 0 Å². The molecule has 0 unspecified atom stereocenters. The fourth-order valence-corrected chi connectivity index (χ4v) is 7.77. The highest BCUT2D eigenvalue weighted by Crippen LogP contribution is 2.29. The average Bonchev–Trinajstić information content (AvgIpc) is 3.17. The highest BCUT2D eigenvalue weighted by Gasteiger charge is 2.24. The zero-order valence-corrected chi connectivity index (χ0v) is 33.7. The summed E-state index contributed by atoms with van der Waals surface area (Å²) in [5, 5.41) is 8.83. The Hall–Kier alpha value is -5.70. The molecule has 0 saturated carbocycles. The Labute approximate surface area is 337 Å². The molecule has 0 aliphatic rings. The van der Waals surface area contributed by atoms with Gasteiger partial charge in [-0.3, -0.25) is 0 Å². The number of hydrogen-bond donors (Lipinski definition) is 4. The van der Waals surface area contributed by atoms with E-state index >= 15 is 0 Å². The number of aromatic nitrogens is 4. The van der Waals surface area contributed by atoms with Crippen molar-refractivity contribution in [1.29, 1.82) is 0 Å². The van der Waals surface area contributed by atoms with Crippen LogP contribution in [0.2, 0.25) is 10.0 Å². The van der Waals surface area contributed by atoms with Crippen LogP contribution in [0.15, 0.2) is 97.1 Å². The van der Waals surface area contributed by atoms with Crippen molar-refractivity contribution in [3.8, 4) is 11.4 Å². The SMILES string of the molecule is Cc1cc2nc3cc(C)c(NCCCCCCNc4cc5c(cc4C)nc4cc(C)c(N)cc4[n+]5-c4ccc(Cl)cc4)cc3[n+](-c3ccc(Cl)cc3)c2cc1N. The summed E-state index contributed by atoms with van der Waals surface area (Å²) in [6.45, 7) is 10.1. The minimum atomic E-state index is 0.695. The molecule has 0 fully saturated rings. The normalized spacial score (nSPS) is 11.6. The molecule has 0 aliphatic carbocycles. The molecule has 8 rings (SSSR count). The molecule has 6 N–H and O–H groups in total. The first-order chi connectivity index (χ1) is 27.0. The molecule has 0 amide bonds. The van der Waals surface area contributed by atoms with Gasteiger partial charge in [-0.1, -0.05) is 36.0 Å². The zero-order chi connectivity index (χ0) is 39.1. The van der Waals surface area contributed by atoms with Crippen molar-refractivity contribution in [3.63, 3.8) is 0 Å². The quantitative estimate of drug-likeness (QED) is 0.0450. The zero-order valence-electron chi connectivity index (χ0n) is 32.2. The molecular formula is C46H46Cl2N8+2. The number of hydrogen-bond acceptors (Lipinski definition) is 6. The van der Waals surface area contributed by atoms with Gasteiger partial charge < -0.3 is 22.1 Å². The van der Waals surface area contributed by atoms with Gasteiger partial charge in [0.1, 0.15) is 22.1 Å². The van der Waals surface area contributed by atoms with E-state index < -0.39 is 0 Å². The Morgan fingerprint density at radius 2 is 0.804 bits per heavy atom. The summed E-state index contributed by atoms with van der Waals surface area (Å²) < 4.78 is 4.45. The van der Waals surface area contributed by atoms with Crippen LogP contribution >= 0.6 is 23.2 Å². The molecule has 8 nitrogen and oxygen atoms in total. The molecule has 282 valence electrons. The van der Waals surface area contributed by atoms with Crippen LogP contribution in [0.4, 0.5) is 22.7 Å². The topological polar surface area (TPSA) is 110 Å². The minimum Gasteiger partial charge on any atom is -0.398 e. The number of aryl methyl sites for hydroxylation is 4. The number of nitrogens with zero attached hydrogens (tertiary/aromatic N) is 4. The molecule has 56 heavy (non-hydrogen) atoms. The maximum atomic E-state index is 6.40. The fraction of sp³-hybridized carbons (Fsp3) is 0.217. The van der Waals surface area contributed by atoms with Crippen molar-refractivity contribution < 1.29 is 9.13 Å².